The van der Waals surface area contributed by atoms with Gasteiger partial charge in [-0.15, -0.1) is 0 Å². The zero-order valence-corrected chi connectivity index (χ0v) is 23.2. The predicted octanol–water partition coefficient (Wildman–Crippen LogP) is -4.65. The minimum absolute atomic E-state index is 0.136. The molecule has 0 saturated carbocycles. The van der Waals surface area contributed by atoms with E-state index in [0.29, 0.717) is 25.8 Å². The second kappa shape index (κ2) is 16.7. The van der Waals surface area contributed by atoms with Crippen LogP contribution in [0.3, 0.4) is 0 Å². The summed E-state index contributed by atoms with van der Waals surface area (Å²) < 4.78 is 16.2. The highest BCUT2D eigenvalue weighted by molar-refractivity contribution is 5.91. The number of amides is 2. The van der Waals surface area contributed by atoms with Gasteiger partial charge in [0.2, 0.25) is 11.8 Å². The lowest BCUT2D eigenvalue weighted by Crippen LogP contribution is -2.66. The maximum atomic E-state index is 12.5. The minimum Gasteiger partial charge on any atom is -0.394 e. The lowest BCUT2D eigenvalue weighted by molar-refractivity contribution is -0.343. The van der Waals surface area contributed by atoms with Gasteiger partial charge in [-0.1, -0.05) is 13.8 Å². The van der Waals surface area contributed by atoms with Crippen molar-refractivity contribution in [2.75, 3.05) is 19.8 Å². The Morgan fingerprint density at radius 1 is 0.829 bits per heavy atom. The number of hydrogen-bond donors (Lipinski definition) is 10. The third-order valence-corrected chi connectivity index (χ3v) is 7.08. The molecule has 2 aliphatic rings. The van der Waals surface area contributed by atoms with Crippen LogP contribution in [0.2, 0.25) is 0 Å². The smallest absolute Gasteiger partial charge is 0.222 e. The molecule has 0 spiro atoms. The molecule has 16 heteroatoms. The van der Waals surface area contributed by atoms with E-state index in [9.17, 15) is 50.1 Å². The average molecular weight is 596 g/mol. The number of aliphatic hydroxyl groups excluding tert-OH is 7. The number of hydrogen-bond acceptors (Lipinski definition) is 14. The molecule has 11 atom stereocenters. The van der Waals surface area contributed by atoms with Gasteiger partial charge in [0.15, 0.2) is 18.3 Å². The van der Waals surface area contributed by atoms with E-state index in [4.69, 9.17) is 19.9 Å². The highest BCUT2D eigenvalue weighted by Gasteiger charge is 2.50. The Bertz CT molecular complexity index is 846. The van der Waals surface area contributed by atoms with Crippen LogP contribution in [0.15, 0.2) is 0 Å². The second-order valence-corrected chi connectivity index (χ2v) is 10.6. The molecule has 0 bridgehead atoms. The molecule has 0 aromatic carbocycles. The highest BCUT2D eigenvalue weighted by Crippen LogP contribution is 2.28. The number of nitrogens with one attached hydrogen (secondary N) is 2. The molecule has 2 amide bonds. The molecule has 41 heavy (non-hydrogen) atoms. The first-order valence-corrected chi connectivity index (χ1v) is 13.8. The topological polar surface area (TPSA) is 271 Å². The van der Waals surface area contributed by atoms with E-state index in [1.165, 1.54) is 0 Å². The van der Waals surface area contributed by atoms with Gasteiger partial charge >= 0.3 is 0 Å². The fraction of sp³-hybridized carbons (Fsp3) is 0.880. The van der Waals surface area contributed by atoms with Gasteiger partial charge in [0.05, 0.1) is 19.3 Å². The molecular formula is C25H45N3O13. The fourth-order valence-electron chi connectivity index (χ4n) is 4.61. The molecule has 2 rings (SSSR count). The van der Waals surface area contributed by atoms with Crippen LogP contribution >= 0.6 is 0 Å². The largest absolute Gasteiger partial charge is 0.394 e. The number of ketones is 1. The van der Waals surface area contributed by atoms with Crippen molar-refractivity contribution >= 4 is 17.6 Å². The number of ether oxygens (including phenoxy) is 3. The first kappa shape index (κ1) is 35.4. The van der Waals surface area contributed by atoms with Gasteiger partial charge in [0.25, 0.3) is 0 Å². The van der Waals surface area contributed by atoms with Crippen molar-refractivity contribution in [1.82, 2.24) is 10.6 Å². The van der Waals surface area contributed by atoms with Gasteiger partial charge < -0.3 is 66.3 Å². The highest BCUT2D eigenvalue weighted by atomic mass is 16.7. The van der Waals surface area contributed by atoms with E-state index in [1.54, 1.807) is 13.8 Å². The number of carbonyl (C=O) groups is 3. The molecule has 2 heterocycles. The zero-order chi connectivity index (χ0) is 30.9. The molecule has 0 aromatic rings. The standard InChI is InChI=1S/C25H45N3O13/c1-11(2)17(33)12(5-3-4-8-26)27-15(31)6-7-16(32)28-24-21(37)20(36)23(14(10-30)39-24)41-25-22(38)19(35)18(34)13(9-29)40-25/h11-14,18-25,29-30,34-38H,3-10,26H2,1-2H3,(H,27,31)(H,28,32)/t12?,13?,14?,18-,19-,20+,21?,22?,23-,24+,25-/m0/s1. The number of unbranched alkanes of at least 4 members (excludes halogenated alkanes) is 1. The van der Waals surface area contributed by atoms with Crippen LogP contribution in [0.5, 0.6) is 0 Å². The third kappa shape index (κ3) is 9.59. The Morgan fingerprint density at radius 2 is 1.46 bits per heavy atom. The molecular weight excluding hydrogens is 550 g/mol. The molecule has 2 saturated heterocycles. The Hall–Kier alpha value is -1.83. The number of carbonyl (C=O) groups excluding carboxylic acids is 3. The lowest BCUT2D eigenvalue weighted by Gasteiger charge is -2.46. The summed E-state index contributed by atoms with van der Waals surface area (Å²) in [6.45, 7) is 2.41. The van der Waals surface area contributed by atoms with Crippen molar-refractivity contribution in [2.45, 2.75) is 113 Å². The first-order chi connectivity index (χ1) is 19.4. The normalized spacial score (nSPS) is 34.7. The van der Waals surface area contributed by atoms with Gasteiger partial charge in [-0.3, -0.25) is 14.4 Å². The quantitative estimate of drug-likeness (QED) is 0.0798. The summed E-state index contributed by atoms with van der Waals surface area (Å²) in [5.41, 5.74) is 5.50. The minimum atomic E-state index is -1.81. The van der Waals surface area contributed by atoms with E-state index >= 15 is 0 Å². The van der Waals surface area contributed by atoms with Crippen molar-refractivity contribution in [3.05, 3.63) is 0 Å². The molecule has 0 radical (unpaired) electrons. The maximum Gasteiger partial charge on any atom is 0.222 e. The summed E-state index contributed by atoms with van der Waals surface area (Å²) in [6, 6.07) is -0.707. The van der Waals surface area contributed by atoms with Crippen molar-refractivity contribution < 1.29 is 64.3 Å². The Morgan fingerprint density at radius 3 is 2.05 bits per heavy atom. The summed E-state index contributed by atoms with van der Waals surface area (Å²) >= 11 is 0. The summed E-state index contributed by atoms with van der Waals surface area (Å²) in [6.07, 6.45) is -15.0. The monoisotopic (exact) mass is 595 g/mol. The average Bonchev–Trinajstić information content (AvgIpc) is 2.94. The van der Waals surface area contributed by atoms with Crippen molar-refractivity contribution in [3.63, 3.8) is 0 Å². The van der Waals surface area contributed by atoms with Crippen LogP contribution in [-0.4, -0.2) is 140 Å². The molecule has 2 aliphatic heterocycles. The van der Waals surface area contributed by atoms with Crippen molar-refractivity contribution in [3.8, 4) is 0 Å². The van der Waals surface area contributed by atoms with Crippen LogP contribution in [0, 0.1) is 5.92 Å². The van der Waals surface area contributed by atoms with Gasteiger partial charge in [-0.25, -0.2) is 0 Å². The van der Waals surface area contributed by atoms with Crippen molar-refractivity contribution in [2.24, 2.45) is 11.7 Å². The molecule has 0 aliphatic carbocycles. The van der Waals surface area contributed by atoms with E-state index in [0.717, 1.165) is 0 Å². The maximum absolute atomic E-state index is 12.5. The lowest BCUT2D eigenvalue weighted by atomic mass is 9.96. The van der Waals surface area contributed by atoms with Crippen LogP contribution in [-0.2, 0) is 28.6 Å². The molecule has 5 unspecified atom stereocenters. The van der Waals surface area contributed by atoms with Crippen LogP contribution in [0.1, 0.15) is 46.0 Å². The SMILES string of the molecule is CC(C)C(=O)C(CCCCN)NC(=O)CCC(=O)N[C@@H]1OC(CO)[C@H](O[C@@H]2OC(CO)[C@H](O)[C@H](O)C2O)[C@H](O)C1O. The van der Waals surface area contributed by atoms with Gasteiger partial charge in [0, 0.05) is 18.8 Å². The van der Waals surface area contributed by atoms with E-state index in [1.807, 2.05) is 0 Å². The summed E-state index contributed by atoms with van der Waals surface area (Å²) in [4.78, 5) is 37.4. The van der Waals surface area contributed by atoms with E-state index in [-0.39, 0.29) is 24.5 Å². The second-order valence-electron chi connectivity index (χ2n) is 10.6. The fourth-order valence-corrected chi connectivity index (χ4v) is 4.61. The van der Waals surface area contributed by atoms with Crippen LogP contribution < -0.4 is 16.4 Å². The zero-order valence-electron chi connectivity index (χ0n) is 23.2. The summed E-state index contributed by atoms with van der Waals surface area (Å²) in [5, 5.41) is 75.4. The molecule has 11 N–H and O–H groups in total. The van der Waals surface area contributed by atoms with E-state index < -0.39 is 92.4 Å². The Kier molecular flexibility index (Phi) is 14.4. The van der Waals surface area contributed by atoms with Crippen molar-refractivity contribution in [1.29, 1.82) is 0 Å². The first-order valence-electron chi connectivity index (χ1n) is 13.8. The Labute approximate surface area is 237 Å². The molecule has 0 aromatic heterocycles. The number of rotatable bonds is 15. The number of aliphatic hydroxyl groups is 7. The summed E-state index contributed by atoms with van der Waals surface area (Å²) in [7, 11) is 0. The van der Waals surface area contributed by atoms with Gasteiger partial charge in [-0.05, 0) is 25.8 Å². The van der Waals surface area contributed by atoms with Crippen LogP contribution in [0.25, 0.3) is 0 Å². The number of Topliss-reactive ketones (excluding diaryl/α,β-unsaturated/α-hetero) is 1. The molecule has 16 nitrogen and oxygen atoms in total. The van der Waals surface area contributed by atoms with Crippen LogP contribution in [0.4, 0.5) is 0 Å². The third-order valence-electron chi connectivity index (χ3n) is 7.08. The molecule has 238 valence electrons. The Balaban J connectivity index is 1.94. The van der Waals surface area contributed by atoms with Gasteiger partial charge in [-0.2, -0.15) is 0 Å². The number of nitrogens with two attached hydrogens (primary N) is 1. The molecule has 2 fully saturated rings. The van der Waals surface area contributed by atoms with E-state index in [2.05, 4.69) is 10.6 Å². The summed E-state index contributed by atoms with van der Waals surface area (Å²) in [5.74, 6) is -1.69. The van der Waals surface area contributed by atoms with Gasteiger partial charge in [0.1, 0.15) is 48.8 Å². The predicted molar refractivity (Wildman–Crippen MR) is 138 cm³/mol.